The molecule has 1 rings (SSSR count). The fourth-order valence-electron chi connectivity index (χ4n) is 4.18. The third-order valence-corrected chi connectivity index (χ3v) is 7.20. The van der Waals surface area contributed by atoms with Gasteiger partial charge in [-0.2, -0.15) is 0 Å². The molecular weight excluding hydrogens is 651 g/mol. The monoisotopic (exact) mass is 722 g/mol. The first-order chi connectivity index (χ1) is 20.8. The zero-order valence-electron chi connectivity index (χ0n) is 29.5. The molecule has 0 heterocycles. The van der Waals surface area contributed by atoms with Crippen LogP contribution in [0.3, 0.4) is 0 Å². The summed E-state index contributed by atoms with van der Waals surface area (Å²) in [5, 5.41) is 20.7. The van der Waals surface area contributed by atoms with Gasteiger partial charge in [0.15, 0.2) is 0 Å². The maximum atomic E-state index is 10.4. The first kappa shape index (κ1) is 49.8. The molecule has 0 fully saturated rings. The minimum Gasteiger partial charge on any atom is -0.550 e. The summed E-state index contributed by atoms with van der Waals surface area (Å²) in [5.41, 5.74) is 1.44. The Labute approximate surface area is 291 Å². The van der Waals surface area contributed by atoms with Gasteiger partial charge >= 0.3 is 23.9 Å². The van der Waals surface area contributed by atoms with Crippen molar-refractivity contribution in [3.05, 3.63) is 49.2 Å². The molecule has 44 heavy (non-hydrogen) atoms. The van der Waals surface area contributed by atoms with Gasteiger partial charge in [0.2, 0.25) is 0 Å². The second-order valence-electron chi connectivity index (χ2n) is 11.6. The average Bonchev–Trinajstić information content (AvgIpc) is 3.02. The quantitative estimate of drug-likeness (QED) is 0.0787. The average molecular weight is 722 g/mol. The Hall–Kier alpha value is -1.04. The zero-order valence-corrected chi connectivity index (χ0v) is 32.4. The molecule has 0 unspecified atom stereocenters. The zero-order chi connectivity index (χ0) is 32.8. The number of carbonyl (C=O) groups excluding carboxylic acids is 2. The van der Waals surface area contributed by atoms with E-state index >= 15 is 0 Å². The standard InChI is InChI=1S/C20H40O2.C11H14O2.2C4H9.Sn/c1-2-3-4-5-6-7-8-9-10-11-12-13-14-15-16-17-18-19-20(21)22;1-2-3-4-9-5-7-10(8-6-9)11(12)13;2*1-3-4-2;/h2-19H2,1H3,(H,21,22);5-8H,2-4H2,1H3,(H,12,13);2*1,3-4H2,2H3;/q;;;;+2/p-2. The molecule has 0 aliphatic heterocycles. The molecule has 254 valence electrons. The molecule has 4 radical (unpaired) electrons. The number of hydrogen-bond donors (Lipinski definition) is 0. The van der Waals surface area contributed by atoms with Gasteiger partial charge < -0.3 is 19.8 Å². The fourth-order valence-corrected chi connectivity index (χ4v) is 4.18. The number of unbranched alkanes of at least 4 members (excludes halogenated alkanes) is 19. The van der Waals surface area contributed by atoms with Gasteiger partial charge in [-0.15, -0.1) is 0 Å². The second kappa shape index (κ2) is 44.1. The molecule has 0 saturated heterocycles. The van der Waals surface area contributed by atoms with Gasteiger partial charge in [0, 0.05) is 5.97 Å². The van der Waals surface area contributed by atoms with Crippen molar-refractivity contribution in [3.63, 3.8) is 0 Å². The van der Waals surface area contributed by atoms with Crippen molar-refractivity contribution in [1.82, 2.24) is 0 Å². The molecule has 0 spiro atoms. The van der Waals surface area contributed by atoms with E-state index in [0.29, 0.717) is 0 Å². The molecule has 1 aromatic rings. The van der Waals surface area contributed by atoms with E-state index in [9.17, 15) is 19.8 Å². The van der Waals surface area contributed by atoms with Crippen molar-refractivity contribution >= 4 is 35.8 Å². The van der Waals surface area contributed by atoms with E-state index < -0.39 is 11.9 Å². The first-order valence-electron chi connectivity index (χ1n) is 17.9. The van der Waals surface area contributed by atoms with Gasteiger partial charge in [0.1, 0.15) is 0 Å². The smallest absolute Gasteiger partial charge is 0.550 e. The van der Waals surface area contributed by atoms with Crippen molar-refractivity contribution in [3.8, 4) is 0 Å². The van der Waals surface area contributed by atoms with E-state index in [2.05, 4.69) is 41.5 Å². The van der Waals surface area contributed by atoms with E-state index in [1.54, 1.807) is 12.1 Å². The van der Waals surface area contributed by atoms with E-state index in [-0.39, 0.29) is 35.9 Å². The summed E-state index contributed by atoms with van der Waals surface area (Å²) in [4.78, 5) is 20.7. The van der Waals surface area contributed by atoms with Crippen LogP contribution in [0.25, 0.3) is 0 Å². The van der Waals surface area contributed by atoms with Crippen molar-refractivity contribution < 1.29 is 19.8 Å². The van der Waals surface area contributed by atoms with E-state index in [0.717, 1.165) is 44.9 Å². The van der Waals surface area contributed by atoms with Crippen molar-refractivity contribution in [1.29, 1.82) is 0 Å². The summed E-state index contributed by atoms with van der Waals surface area (Å²) in [6.07, 6.45) is 30.7. The summed E-state index contributed by atoms with van der Waals surface area (Å²) in [7, 11) is 0. The van der Waals surface area contributed by atoms with Gasteiger partial charge in [-0.1, -0.05) is 201 Å². The summed E-state index contributed by atoms with van der Waals surface area (Å²) in [6, 6.07) is 6.89. The van der Waals surface area contributed by atoms with E-state index in [1.165, 1.54) is 115 Å². The van der Waals surface area contributed by atoms with Crippen LogP contribution in [0.1, 0.15) is 198 Å². The minimum atomic E-state index is -1.11. The first-order valence-corrected chi connectivity index (χ1v) is 17.9. The van der Waals surface area contributed by atoms with E-state index in [1.807, 2.05) is 12.1 Å². The number of carboxylic acids is 2. The fraction of sp³-hybridized carbons (Fsp3) is 0.744. The number of aromatic carboxylic acids is 1. The second-order valence-corrected chi connectivity index (χ2v) is 11.6. The Morgan fingerprint density at radius 1 is 0.523 bits per heavy atom. The molecule has 5 heteroatoms. The Morgan fingerprint density at radius 3 is 1.11 bits per heavy atom. The Bertz CT molecular complexity index is 667. The van der Waals surface area contributed by atoms with Crippen LogP contribution in [0.15, 0.2) is 24.3 Å². The summed E-state index contributed by atoms with van der Waals surface area (Å²) in [5.74, 6) is -2.01. The molecular formula is C39H70O4Sn. The normalized spacial score (nSPS) is 9.77. The third kappa shape index (κ3) is 45.4. The van der Waals surface area contributed by atoms with Crippen LogP contribution >= 0.6 is 0 Å². The van der Waals surface area contributed by atoms with Crippen LogP contribution in [-0.2, 0) is 11.2 Å². The van der Waals surface area contributed by atoms with Crippen LogP contribution in [0.4, 0.5) is 0 Å². The number of carboxylic acid groups (broad SMARTS) is 2. The number of aliphatic carboxylic acids is 1. The molecule has 0 N–H and O–H groups in total. The Balaban J connectivity index is -0.000000305. The topological polar surface area (TPSA) is 80.3 Å². The molecule has 0 saturated carbocycles. The van der Waals surface area contributed by atoms with Crippen LogP contribution in [0, 0.1) is 13.8 Å². The molecule has 0 aliphatic carbocycles. The predicted octanol–water partition coefficient (Wildman–Crippen LogP) is 10.0. The number of hydrogen-bond acceptors (Lipinski definition) is 4. The molecule has 0 atom stereocenters. The van der Waals surface area contributed by atoms with Gasteiger partial charge in [0.25, 0.3) is 0 Å². The SMILES string of the molecule is CCCCCCCCCCCCCCCCCCCC(=O)[O-].CCCCc1ccc(C(=O)[O-])cc1.[CH2]CCC.[CH2]CCC.[Sn+2]. The molecule has 0 amide bonds. The van der Waals surface area contributed by atoms with Gasteiger partial charge in [0.05, 0.1) is 5.97 Å². The Kier molecular flexibility index (Phi) is 49.9. The van der Waals surface area contributed by atoms with Gasteiger partial charge in [-0.05, 0) is 36.8 Å². The van der Waals surface area contributed by atoms with Crippen LogP contribution < -0.4 is 10.2 Å². The molecule has 1 aromatic carbocycles. The van der Waals surface area contributed by atoms with Crippen LogP contribution in [-0.4, -0.2) is 35.8 Å². The Morgan fingerprint density at radius 2 is 0.841 bits per heavy atom. The summed E-state index contributed by atoms with van der Waals surface area (Å²) < 4.78 is 0. The van der Waals surface area contributed by atoms with E-state index in [4.69, 9.17) is 0 Å². The predicted molar refractivity (Wildman–Crippen MR) is 189 cm³/mol. The molecule has 4 nitrogen and oxygen atoms in total. The maximum Gasteiger partial charge on any atom is 2.00 e. The third-order valence-electron chi connectivity index (χ3n) is 7.20. The maximum absolute atomic E-state index is 10.4. The minimum absolute atomic E-state index is 0. The number of benzene rings is 1. The number of carbonyl (C=O) groups is 2. The van der Waals surface area contributed by atoms with Crippen LogP contribution in [0.5, 0.6) is 0 Å². The van der Waals surface area contributed by atoms with Crippen LogP contribution in [0.2, 0.25) is 0 Å². The molecule has 0 aromatic heterocycles. The number of rotatable bonds is 24. The van der Waals surface area contributed by atoms with Crippen molar-refractivity contribution in [2.75, 3.05) is 0 Å². The molecule has 0 bridgehead atoms. The van der Waals surface area contributed by atoms with Crippen molar-refractivity contribution in [2.24, 2.45) is 0 Å². The summed E-state index contributed by atoms with van der Waals surface area (Å²) in [6.45, 7) is 15.9. The van der Waals surface area contributed by atoms with Crippen molar-refractivity contribution in [2.45, 2.75) is 188 Å². The van der Waals surface area contributed by atoms with Gasteiger partial charge in [-0.3, -0.25) is 0 Å². The largest absolute Gasteiger partial charge is 2.00 e. The number of aryl methyl sites for hydroxylation is 1. The molecule has 0 aliphatic rings. The summed E-state index contributed by atoms with van der Waals surface area (Å²) >= 11 is 0. The van der Waals surface area contributed by atoms with Gasteiger partial charge in [-0.25, -0.2) is 0 Å².